The molecular weight excluding hydrogens is 481 g/mol. The third-order valence-corrected chi connectivity index (χ3v) is 6.63. The summed E-state index contributed by atoms with van der Waals surface area (Å²) in [5, 5.41) is 6.84. The summed E-state index contributed by atoms with van der Waals surface area (Å²) in [7, 11) is 1.78. The molecule has 29 heavy (non-hydrogen) atoms. The van der Waals surface area contributed by atoms with E-state index in [1.54, 1.807) is 7.05 Å². The molecular formula is C21H38IN5O2. The zero-order valence-electron chi connectivity index (χ0n) is 17.9. The quantitative estimate of drug-likeness (QED) is 0.244. The van der Waals surface area contributed by atoms with Gasteiger partial charge in [0.1, 0.15) is 0 Å². The summed E-state index contributed by atoms with van der Waals surface area (Å²) >= 11 is 0. The summed E-state index contributed by atoms with van der Waals surface area (Å²) < 4.78 is 0. The first-order valence-electron chi connectivity index (χ1n) is 11.2. The van der Waals surface area contributed by atoms with Crippen molar-refractivity contribution in [3.63, 3.8) is 0 Å². The summed E-state index contributed by atoms with van der Waals surface area (Å²) in [5.74, 6) is 0.665. The Bertz CT molecular complexity index is 555. The smallest absolute Gasteiger partial charge is 0.229 e. The molecule has 7 nitrogen and oxygen atoms in total. The molecule has 0 bridgehead atoms. The minimum absolute atomic E-state index is 0. The van der Waals surface area contributed by atoms with Crippen LogP contribution in [0.15, 0.2) is 4.99 Å². The lowest BCUT2D eigenvalue weighted by molar-refractivity contribution is -0.147. The number of aliphatic imine (C=N–C) groups is 1. The standard InChI is InChI=1S/C21H37N5O2.HI/c1-22-20(23-13-16-26-18(27)9-8-10-19(26)28)24-17-21(11-4-2-5-12-21)25-14-6-3-7-15-25;/h2-17H2,1H3,(H2,22,23,24);1H. The normalized spacial score (nSPS) is 23.5. The molecule has 2 aliphatic heterocycles. The van der Waals surface area contributed by atoms with Crippen molar-refractivity contribution in [3.8, 4) is 0 Å². The van der Waals surface area contributed by atoms with E-state index in [2.05, 4.69) is 20.5 Å². The van der Waals surface area contributed by atoms with Gasteiger partial charge in [-0.25, -0.2) is 0 Å². The number of piperidine rings is 2. The van der Waals surface area contributed by atoms with Gasteiger partial charge in [-0.05, 0) is 45.2 Å². The summed E-state index contributed by atoms with van der Waals surface area (Å²) in [5.41, 5.74) is 0.245. The monoisotopic (exact) mass is 519 g/mol. The van der Waals surface area contributed by atoms with Crippen LogP contribution in [0.5, 0.6) is 0 Å². The number of amides is 2. The first-order chi connectivity index (χ1) is 13.6. The van der Waals surface area contributed by atoms with Crippen LogP contribution in [-0.4, -0.2) is 72.9 Å². The van der Waals surface area contributed by atoms with Gasteiger partial charge in [0.2, 0.25) is 11.8 Å². The molecule has 2 amide bonds. The van der Waals surface area contributed by atoms with Gasteiger partial charge in [0, 0.05) is 45.1 Å². The van der Waals surface area contributed by atoms with Gasteiger partial charge in [-0.2, -0.15) is 0 Å². The number of carbonyl (C=O) groups is 2. The number of likely N-dealkylation sites (tertiary alicyclic amines) is 2. The van der Waals surface area contributed by atoms with Gasteiger partial charge in [-0.3, -0.25) is 24.4 Å². The zero-order valence-corrected chi connectivity index (χ0v) is 20.2. The van der Waals surface area contributed by atoms with Gasteiger partial charge in [0.25, 0.3) is 0 Å². The number of halogens is 1. The number of rotatable bonds is 6. The predicted octanol–water partition coefficient (Wildman–Crippen LogP) is 2.50. The molecule has 0 aromatic heterocycles. The molecule has 3 aliphatic rings. The van der Waals surface area contributed by atoms with E-state index in [1.165, 1.54) is 69.4 Å². The summed E-state index contributed by atoms with van der Waals surface area (Å²) in [6.45, 7) is 4.29. The summed E-state index contributed by atoms with van der Waals surface area (Å²) in [6.07, 6.45) is 12.1. The molecule has 0 aromatic carbocycles. The van der Waals surface area contributed by atoms with Crippen LogP contribution < -0.4 is 10.6 Å². The molecule has 8 heteroatoms. The molecule has 2 saturated heterocycles. The highest BCUT2D eigenvalue weighted by Crippen LogP contribution is 2.35. The van der Waals surface area contributed by atoms with Crippen LogP contribution in [0.1, 0.15) is 70.6 Å². The van der Waals surface area contributed by atoms with Crippen LogP contribution in [0.3, 0.4) is 0 Å². The van der Waals surface area contributed by atoms with E-state index in [9.17, 15) is 9.59 Å². The highest BCUT2D eigenvalue weighted by atomic mass is 127. The van der Waals surface area contributed by atoms with Crippen LogP contribution in [0, 0.1) is 0 Å². The molecule has 3 fully saturated rings. The van der Waals surface area contributed by atoms with Crippen molar-refractivity contribution >= 4 is 41.8 Å². The third-order valence-electron chi connectivity index (χ3n) is 6.63. The molecule has 166 valence electrons. The van der Waals surface area contributed by atoms with Gasteiger partial charge in [0.05, 0.1) is 0 Å². The Labute approximate surface area is 192 Å². The lowest BCUT2D eigenvalue weighted by Gasteiger charge is -2.48. The Morgan fingerprint density at radius 3 is 2.17 bits per heavy atom. The summed E-state index contributed by atoms with van der Waals surface area (Å²) in [6, 6.07) is 0. The van der Waals surface area contributed by atoms with Crippen molar-refractivity contribution in [2.24, 2.45) is 4.99 Å². The molecule has 3 rings (SSSR count). The van der Waals surface area contributed by atoms with Crippen molar-refractivity contribution in [1.82, 2.24) is 20.4 Å². The molecule has 0 unspecified atom stereocenters. The second kappa shape index (κ2) is 12.1. The first kappa shape index (κ1) is 24.4. The maximum absolute atomic E-state index is 11.9. The number of carbonyl (C=O) groups excluding carboxylic acids is 2. The largest absolute Gasteiger partial charge is 0.355 e. The van der Waals surface area contributed by atoms with Crippen LogP contribution in [0.25, 0.3) is 0 Å². The van der Waals surface area contributed by atoms with Gasteiger partial charge in [-0.15, -0.1) is 24.0 Å². The number of hydrogen-bond donors (Lipinski definition) is 2. The fourth-order valence-electron chi connectivity index (χ4n) is 4.99. The average molecular weight is 519 g/mol. The second-order valence-electron chi connectivity index (χ2n) is 8.48. The highest BCUT2D eigenvalue weighted by Gasteiger charge is 2.38. The molecule has 0 atom stereocenters. The summed E-state index contributed by atoms with van der Waals surface area (Å²) in [4.78, 5) is 32.3. The van der Waals surface area contributed by atoms with Crippen LogP contribution in [0.2, 0.25) is 0 Å². The van der Waals surface area contributed by atoms with E-state index in [-0.39, 0.29) is 41.3 Å². The lowest BCUT2D eigenvalue weighted by atomic mass is 9.79. The van der Waals surface area contributed by atoms with E-state index >= 15 is 0 Å². The van der Waals surface area contributed by atoms with Crippen molar-refractivity contribution in [2.75, 3.05) is 39.8 Å². The van der Waals surface area contributed by atoms with E-state index in [1.807, 2.05) is 0 Å². The number of hydrogen-bond acceptors (Lipinski definition) is 4. The van der Waals surface area contributed by atoms with Crippen LogP contribution in [0.4, 0.5) is 0 Å². The Morgan fingerprint density at radius 2 is 1.55 bits per heavy atom. The van der Waals surface area contributed by atoms with Crippen molar-refractivity contribution < 1.29 is 9.59 Å². The third kappa shape index (κ3) is 6.54. The minimum atomic E-state index is -0.0488. The Kier molecular flexibility index (Phi) is 10.1. The SMILES string of the molecule is CN=C(NCCN1C(=O)CCCC1=O)NCC1(N2CCCCC2)CCCCC1.I. The zero-order chi connectivity index (χ0) is 19.8. The minimum Gasteiger partial charge on any atom is -0.355 e. The van der Waals surface area contributed by atoms with Gasteiger partial charge >= 0.3 is 0 Å². The maximum atomic E-state index is 11.9. The number of imide groups is 1. The molecule has 0 spiro atoms. The van der Waals surface area contributed by atoms with Crippen molar-refractivity contribution in [3.05, 3.63) is 0 Å². The Balaban J connectivity index is 0.00000300. The highest BCUT2D eigenvalue weighted by molar-refractivity contribution is 14.0. The predicted molar refractivity (Wildman–Crippen MR) is 127 cm³/mol. The van der Waals surface area contributed by atoms with Crippen LogP contribution >= 0.6 is 24.0 Å². The number of guanidine groups is 1. The molecule has 2 heterocycles. The molecule has 2 N–H and O–H groups in total. The van der Waals surface area contributed by atoms with Crippen molar-refractivity contribution in [1.29, 1.82) is 0 Å². The second-order valence-corrected chi connectivity index (χ2v) is 8.48. The first-order valence-corrected chi connectivity index (χ1v) is 11.2. The molecule has 1 aliphatic carbocycles. The fourth-order valence-corrected chi connectivity index (χ4v) is 4.99. The van der Waals surface area contributed by atoms with Crippen molar-refractivity contribution in [2.45, 2.75) is 76.2 Å². The van der Waals surface area contributed by atoms with E-state index in [0.717, 1.165) is 12.5 Å². The van der Waals surface area contributed by atoms with Crippen LogP contribution in [-0.2, 0) is 9.59 Å². The lowest BCUT2D eigenvalue weighted by Crippen LogP contribution is -2.59. The topological polar surface area (TPSA) is 77.0 Å². The Morgan fingerprint density at radius 1 is 0.931 bits per heavy atom. The maximum Gasteiger partial charge on any atom is 0.229 e. The van der Waals surface area contributed by atoms with E-state index in [0.29, 0.717) is 32.4 Å². The number of nitrogens with one attached hydrogen (secondary N) is 2. The Hall–Kier alpha value is -0.900. The average Bonchev–Trinajstić information content (AvgIpc) is 2.74. The van der Waals surface area contributed by atoms with Gasteiger partial charge in [-0.1, -0.05) is 25.7 Å². The van der Waals surface area contributed by atoms with E-state index < -0.39 is 0 Å². The molecule has 1 saturated carbocycles. The van der Waals surface area contributed by atoms with E-state index in [4.69, 9.17) is 0 Å². The van der Waals surface area contributed by atoms with Gasteiger partial charge in [0.15, 0.2) is 5.96 Å². The molecule has 0 aromatic rings. The number of nitrogens with zero attached hydrogens (tertiary/aromatic N) is 3. The molecule has 0 radical (unpaired) electrons. The fraction of sp³-hybridized carbons (Fsp3) is 0.857. The van der Waals surface area contributed by atoms with Gasteiger partial charge < -0.3 is 10.6 Å².